The molecule has 0 aliphatic heterocycles. The fourth-order valence-electron chi connectivity index (χ4n) is 9.15. The summed E-state index contributed by atoms with van der Waals surface area (Å²) < 4.78 is 0. The number of carbonyl (C=O) groups is 1. The molecule has 0 spiro atoms. The summed E-state index contributed by atoms with van der Waals surface area (Å²) in [5, 5.41) is 29.9. The van der Waals surface area contributed by atoms with Gasteiger partial charge >= 0.3 is 5.97 Å². The number of aromatic carboxylic acids is 1. The van der Waals surface area contributed by atoms with Crippen LogP contribution in [0.1, 0.15) is 189 Å². The van der Waals surface area contributed by atoms with Crippen molar-refractivity contribution in [3.63, 3.8) is 0 Å². The minimum atomic E-state index is -0.832. The van der Waals surface area contributed by atoms with E-state index in [0.717, 1.165) is 67.4 Å². The minimum absolute atomic E-state index is 0.315. The second-order valence-corrected chi connectivity index (χ2v) is 19.5. The second kappa shape index (κ2) is 23.5. The molecule has 0 fully saturated rings. The van der Waals surface area contributed by atoms with Crippen molar-refractivity contribution >= 4 is 39.8 Å². The molecular formula is C52H70O4S2. The van der Waals surface area contributed by atoms with E-state index in [1.807, 2.05) is 17.4 Å². The third kappa shape index (κ3) is 13.4. The van der Waals surface area contributed by atoms with Gasteiger partial charge in [0, 0.05) is 14.6 Å². The molecule has 0 bridgehead atoms. The van der Waals surface area contributed by atoms with Gasteiger partial charge in [-0.15, -0.1) is 22.7 Å². The molecule has 6 rings (SSSR count). The molecule has 6 heteroatoms. The smallest absolute Gasteiger partial charge is 0.345 e. The predicted octanol–water partition coefficient (Wildman–Crippen LogP) is 15.1. The molecule has 0 saturated heterocycles. The molecule has 0 saturated carbocycles. The Kier molecular flexibility index (Phi) is 18.5. The third-order valence-electron chi connectivity index (χ3n) is 12.5. The van der Waals surface area contributed by atoms with E-state index in [4.69, 9.17) is 5.11 Å². The average molecular weight is 823 g/mol. The molecule has 2 heterocycles. The molecule has 3 N–H and O–H groups in total. The average Bonchev–Trinajstić information content (AvgIpc) is 4.03. The Morgan fingerprint density at radius 2 is 1.05 bits per heavy atom. The molecule has 0 amide bonds. The number of hydrogen-bond acceptors (Lipinski definition) is 5. The molecular weight excluding hydrogens is 753 g/mol. The zero-order valence-corrected chi connectivity index (χ0v) is 37.7. The molecule has 4 atom stereocenters. The van der Waals surface area contributed by atoms with Gasteiger partial charge in [0.2, 0.25) is 0 Å². The van der Waals surface area contributed by atoms with E-state index in [2.05, 4.69) is 95.3 Å². The maximum absolute atomic E-state index is 11.1. The maximum atomic E-state index is 11.1. The Labute approximate surface area is 358 Å². The van der Waals surface area contributed by atoms with Gasteiger partial charge in [0.15, 0.2) is 0 Å². The van der Waals surface area contributed by atoms with Crippen LogP contribution in [-0.4, -0.2) is 21.3 Å². The van der Waals surface area contributed by atoms with Crippen LogP contribution in [-0.2, 0) is 12.8 Å². The van der Waals surface area contributed by atoms with Crippen molar-refractivity contribution in [2.45, 2.75) is 162 Å². The quantitative estimate of drug-likeness (QED) is 0.0732. The monoisotopic (exact) mass is 822 g/mol. The molecule has 314 valence electrons. The van der Waals surface area contributed by atoms with Crippen LogP contribution in [0, 0.1) is 18.8 Å². The molecule has 4 nitrogen and oxygen atoms in total. The molecule has 2 aliphatic rings. The lowest BCUT2D eigenvalue weighted by Gasteiger charge is -2.17. The molecule has 4 aromatic rings. The van der Waals surface area contributed by atoms with E-state index >= 15 is 0 Å². The van der Waals surface area contributed by atoms with E-state index in [-0.39, 0.29) is 12.2 Å². The van der Waals surface area contributed by atoms with Gasteiger partial charge in [-0.3, -0.25) is 0 Å². The standard InChI is InChI=1S/C26H34O3S.C26H36OS/c1-3-4-5-9-23(27)19-12-14-21(15-13-19)25-18(2)10-11-20(25)7-6-8-22-16-17-24(30-22)26(28)29;1-4-5-6-10-25(27)21-14-16-23(17-15-21)26-19(2)11-13-22(26)8-7-9-24-18-12-20(3)28-24/h12-17,20,23,27H,3-11H2,1-2H3,(H,28,29);12,14-18,22,25,27H,4-11,13H2,1-3H3/t20-,23?;22-,25?/m00/s1. The summed E-state index contributed by atoms with van der Waals surface area (Å²) in [7, 11) is 0. The number of allylic oxidation sites excluding steroid dienone is 4. The van der Waals surface area contributed by atoms with E-state index < -0.39 is 5.97 Å². The highest BCUT2D eigenvalue weighted by Gasteiger charge is 2.26. The highest BCUT2D eigenvalue weighted by molar-refractivity contribution is 7.13. The summed E-state index contributed by atoms with van der Waals surface area (Å²) in [6, 6.07) is 25.6. The fraction of sp³-hybridized carbons (Fsp3) is 0.519. The number of carboxylic acid groups (broad SMARTS) is 1. The molecule has 2 unspecified atom stereocenters. The molecule has 58 heavy (non-hydrogen) atoms. The van der Waals surface area contributed by atoms with Crippen molar-refractivity contribution in [1.29, 1.82) is 0 Å². The van der Waals surface area contributed by atoms with Gasteiger partial charge in [0.25, 0.3) is 0 Å². The summed E-state index contributed by atoms with van der Waals surface area (Å²) in [5.41, 5.74) is 10.9. The number of thiophene rings is 2. The summed E-state index contributed by atoms with van der Waals surface area (Å²) in [6.07, 6.45) is 19.8. The predicted molar refractivity (Wildman–Crippen MR) is 248 cm³/mol. The van der Waals surface area contributed by atoms with Gasteiger partial charge in [0.05, 0.1) is 12.2 Å². The Bertz CT molecular complexity index is 1910. The lowest BCUT2D eigenvalue weighted by molar-refractivity contribution is 0.0702. The van der Waals surface area contributed by atoms with Crippen molar-refractivity contribution < 1.29 is 20.1 Å². The first kappa shape index (κ1) is 45.8. The van der Waals surface area contributed by atoms with E-state index in [1.54, 1.807) is 17.2 Å². The second-order valence-electron chi connectivity index (χ2n) is 17.0. The zero-order valence-electron chi connectivity index (χ0n) is 36.0. The van der Waals surface area contributed by atoms with Crippen molar-refractivity contribution in [1.82, 2.24) is 0 Å². The van der Waals surface area contributed by atoms with E-state index in [1.165, 1.54) is 108 Å². The van der Waals surface area contributed by atoms with Crippen LogP contribution in [0.2, 0.25) is 0 Å². The lowest BCUT2D eigenvalue weighted by atomic mass is 9.88. The SMILES string of the molecule is CCCCCC(O)c1ccc(C2=C(C)CC[C@@H]2CCCc2ccc(C(=O)O)s2)cc1.CCCCCC(O)c1ccc(C2=C(C)CC[C@@H]2CCCc2ccc(C)s2)cc1. The Morgan fingerprint density at radius 1 is 0.603 bits per heavy atom. The number of aliphatic hydroxyl groups is 2. The van der Waals surface area contributed by atoms with Crippen LogP contribution in [0.15, 0.2) is 83.9 Å². The Hall–Kier alpha value is -3.29. The molecule has 2 aromatic heterocycles. The first-order valence-electron chi connectivity index (χ1n) is 22.4. The van der Waals surface area contributed by atoms with Crippen molar-refractivity contribution in [2.75, 3.05) is 0 Å². The van der Waals surface area contributed by atoms with Crippen molar-refractivity contribution in [3.8, 4) is 0 Å². The first-order chi connectivity index (χ1) is 28.1. The van der Waals surface area contributed by atoms with Crippen LogP contribution >= 0.6 is 22.7 Å². The van der Waals surface area contributed by atoms with Crippen LogP contribution in [0.3, 0.4) is 0 Å². The van der Waals surface area contributed by atoms with Crippen molar-refractivity contribution in [3.05, 3.63) is 126 Å². The number of carboxylic acids is 1. The number of rotatable bonds is 21. The molecule has 0 radical (unpaired) electrons. The molecule has 2 aliphatic carbocycles. The number of unbranched alkanes of at least 4 members (excludes halogenated alkanes) is 4. The van der Waals surface area contributed by atoms with Gasteiger partial charge in [-0.25, -0.2) is 4.79 Å². The van der Waals surface area contributed by atoms with Gasteiger partial charge in [0.1, 0.15) is 4.88 Å². The highest BCUT2D eigenvalue weighted by Crippen LogP contribution is 2.43. The lowest BCUT2D eigenvalue weighted by Crippen LogP contribution is -2.02. The number of benzene rings is 2. The topological polar surface area (TPSA) is 77.8 Å². The van der Waals surface area contributed by atoms with Gasteiger partial charge in [-0.1, -0.05) is 112 Å². The van der Waals surface area contributed by atoms with Gasteiger partial charge in [-0.05, 0) is 167 Å². The van der Waals surface area contributed by atoms with E-state index in [0.29, 0.717) is 16.7 Å². The van der Waals surface area contributed by atoms with Crippen molar-refractivity contribution in [2.24, 2.45) is 11.8 Å². The largest absolute Gasteiger partial charge is 0.477 e. The van der Waals surface area contributed by atoms with Crippen LogP contribution < -0.4 is 0 Å². The maximum Gasteiger partial charge on any atom is 0.345 e. The molecule has 2 aromatic carbocycles. The summed E-state index contributed by atoms with van der Waals surface area (Å²) in [6.45, 7) is 11.1. The van der Waals surface area contributed by atoms with Gasteiger partial charge in [-0.2, -0.15) is 0 Å². The first-order valence-corrected chi connectivity index (χ1v) is 24.0. The van der Waals surface area contributed by atoms with Crippen LogP contribution in [0.25, 0.3) is 11.1 Å². The minimum Gasteiger partial charge on any atom is -0.477 e. The normalized spacial score (nSPS) is 17.8. The van der Waals surface area contributed by atoms with Crippen LogP contribution in [0.5, 0.6) is 0 Å². The number of aliphatic hydroxyl groups excluding tert-OH is 2. The Balaban J connectivity index is 0.000000221. The zero-order chi connectivity index (χ0) is 41.4. The number of hydrogen-bond donors (Lipinski definition) is 3. The van der Waals surface area contributed by atoms with Crippen LogP contribution in [0.4, 0.5) is 0 Å². The Morgan fingerprint density at radius 3 is 1.45 bits per heavy atom. The summed E-state index contributed by atoms with van der Waals surface area (Å²) in [4.78, 5) is 15.6. The number of aryl methyl sites for hydroxylation is 3. The fourth-order valence-corrected chi connectivity index (χ4v) is 11.0. The highest BCUT2D eigenvalue weighted by atomic mass is 32.1. The summed E-state index contributed by atoms with van der Waals surface area (Å²) in [5.74, 6) is 0.437. The summed E-state index contributed by atoms with van der Waals surface area (Å²) >= 11 is 3.34. The van der Waals surface area contributed by atoms with Gasteiger partial charge < -0.3 is 15.3 Å². The van der Waals surface area contributed by atoms with E-state index in [9.17, 15) is 15.0 Å². The third-order valence-corrected chi connectivity index (χ3v) is 14.7.